The molecule has 2 aromatic rings. The van der Waals surface area contributed by atoms with E-state index >= 15 is 0 Å². The zero-order valence-electron chi connectivity index (χ0n) is 9.68. The third-order valence-corrected chi connectivity index (χ3v) is 3.03. The smallest absolute Gasteiger partial charge is 0.131 e. The molecule has 4 nitrogen and oxygen atoms in total. The number of imidazole rings is 1. The van der Waals surface area contributed by atoms with Gasteiger partial charge in [-0.15, -0.1) is 0 Å². The molecule has 0 saturated heterocycles. The molecule has 2 N–H and O–H groups in total. The van der Waals surface area contributed by atoms with E-state index in [2.05, 4.69) is 37.4 Å². The van der Waals surface area contributed by atoms with Crippen LogP contribution in [0.1, 0.15) is 30.9 Å². The second-order valence-corrected chi connectivity index (χ2v) is 4.77. The van der Waals surface area contributed by atoms with Crippen LogP contribution in [-0.4, -0.2) is 14.5 Å². The van der Waals surface area contributed by atoms with Crippen molar-refractivity contribution in [1.82, 2.24) is 14.5 Å². The summed E-state index contributed by atoms with van der Waals surface area (Å²) in [6, 6.07) is 3.58. The Morgan fingerprint density at radius 2 is 2.24 bits per heavy atom. The normalized spacial score (nSPS) is 12.6. The number of nitrogens with two attached hydrogens (primary N) is 1. The molecule has 0 aliphatic heterocycles. The number of aryl methyl sites for hydroxylation is 1. The van der Waals surface area contributed by atoms with E-state index in [9.17, 15) is 0 Å². The van der Waals surface area contributed by atoms with Gasteiger partial charge in [0.1, 0.15) is 11.9 Å². The molecule has 0 bridgehead atoms. The largest absolute Gasteiger partial charge is 0.333 e. The van der Waals surface area contributed by atoms with E-state index in [0.29, 0.717) is 0 Å². The molecule has 5 heteroatoms. The van der Waals surface area contributed by atoms with E-state index in [1.807, 2.05) is 18.3 Å². The standard InChI is InChI=1S/C12H15BrN4/c1-2-6-17-7-5-15-12(17)11(14)10-4-3-9(13)8-16-10/h3-5,7-8,11H,2,6,14H2,1H3. The van der Waals surface area contributed by atoms with Crippen LogP contribution in [0.25, 0.3) is 0 Å². The highest BCUT2D eigenvalue weighted by Crippen LogP contribution is 2.18. The summed E-state index contributed by atoms with van der Waals surface area (Å²) in [4.78, 5) is 8.63. The average molecular weight is 295 g/mol. The molecule has 90 valence electrons. The van der Waals surface area contributed by atoms with Crippen LogP contribution in [0.15, 0.2) is 35.2 Å². The van der Waals surface area contributed by atoms with Gasteiger partial charge in [0, 0.05) is 29.6 Å². The molecule has 0 aromatic carbocycles. The summed E-state index contributed by atoms with van der Waals surface area (Å²) < 4.78 is 3.03. The van der Waals surface area contributed by atoms with Gasteiger partial charge >= 0.3 is 0 Å². The summed E-state index contributed by atoms with van der Waals surface area (Å²) in [5.74, 6) is 0.863. The van der Waals surface area contributed by atoms with Crippen LogP contribution in [0.5, 0.6) is 0 Å². The van der Waals surface area contributed by atoms with Gasteiger partial charge < -0.3 is 10.3 Å². The molecular formula is C12H15BrN4. The first-order valence-corrected chi connectivity index (χ1v) is 6.39. The molecule has 0 radical (unpaired) electrons. The zero-order chi connectivity index (χ0) is 12.3. The second kappa shape index (κ2) is 5.42. The van der Waals surface area contributed by atoms with Crippen molar-refractivity contribution in [2.24, 2.45) is 5.73 Å². The molecule has 2 rings (SSSR count). The lowest BCUT2D eigenvalue weighted by Gasteiger charge is -2.13. The Morgan fingerprint density at radius 1 is 1.41 bits per heavy atom. The third-order valence-electron chi connectivity index (χ3n) is 2.56. The number of hydrogen-bond acceptors (Lipinski definition) is 3. The third kappa shape index (κ3) is 2.73. The predicted octanol–water partition coefficient (Wildman–Crippen LogP) is 2.50. The van der Waals surface area contributed by atoms with E-state index in [1.165, 1.54) is 0 Å². The monoisotopic (exact) mass is 294 g/mol. The molecule has 0 fully saturated rings. The number of aromatic nitrogens is 3. The van der Waals surface area contributed by atoms with Crippen molar-refractivity contribution in [1.29, 1.82) is 0 Å². The summed E-state index contributed by atoms with van der Waals surface area (Å²) >= 11 is 3.36. The van der Waals surface area contributed by atoms with Crippen molar-refractivity contribution in [3.8, 4) is 0 Å². The minimum absolute atomic E-state index is 0.273. The summed E-state index contributed by atoms with van der Waals surface area (Å²) in [7, 11) is 0. The minimum atomic E-state index is -0.273. The van der Waals surface area contributed by atoms with Crippen molar-refractivity contribution < 1.29 is 0 Å². The van der Waals surface area contributed by atoms with E-state index in [4.69, 9.17) is 5.73 Å². The van der Waals surface area contributed by atoms with Gasteiger partial charge in [0.25, 0.3) is 0 Å². The molecule has 2 aromatic heterocycles. The van der Waals surface area contributed by atoms with Gasteiger partial charge in [-0.1, -0.05) is 6.92 Å². The van der Waals surface area contributed by atoms with E-state index < -0.39 is 0 Å². The van der Waals surface area contributed by atoms with Crippen LogP contribution in [0, 0.1) is 0 Å². The zero-order valence-corrected chi connectivity index (χ0v) is 11.3. The van der Waals surface area contributed by atoms with Crippen molar-refractivity contribution in [2.75, 3.05) is 0 Å². The molecule has 1 atom stereocenters. The number of rotatable bonds is 4. The molecule has 17 heavy (non-hydrogen) atoms. The summed E-state index contributed by atoms with van der Waals surface area (Å²) in [6.07, 6.45) is 6.55. The highest BCUT2D eigenvalue weighted by atomic mass is 79.9. The summed E-state index contributed by atoms with van der Waals surface area (Å²) in [5, 5.41) is 0. The van der Waals surface area contributed by atoms with Crippen molar-refractivity contribution in [3.05, 3.63) is 46.7 Å². The van der Waals surface area contributed by atoms with Gasteiger partial charge in [0.2, 0.25) is 0 Å². The van der Waals surface area contributed by atoms with Crippen LogP contribution in [0.4, 0.5) is 0 Å². The Balaban J connectivity index is 2.26. The lowest BCUT2D eigenvalue weighted by atomic mass is 10.2. The van der Waals surface area contributed by atoms with Crippen LogP contribution in [0.3, 0.4) is 0 Å². The van der Waals surface area contributed by atoms with Gasteiger partial charge in [0.05, 0.1) is 5.69 Å². The molecule has 0 aliphatic carbocycles. The number of pyridine rings is 1. The lowest BCUT2D eigenvalue weighted by molar-refractivity contribution is 0.607. The fourth-order valence-electron chi connectivity index (χ4n) is 1.73. The highest BCUT2D eigenvalue weighted by Gasteiger charge is 2.15. The Bertz CT molecular complexity index is 478. The lowest BCUT2D eigenvalue weighted by Crippen LogP contribution is -2.19. The SMILES string of the molecule is CCCn1ccnc1C(N)c1ccc(Br)cn1. The van der Waals surface area contributed by atoms with Crippen LogP contribution in [0.2, 0.25) is 0 Å². The second-order valence-electron chi connectivity index (χ2n) is 3.86. The fourth-order valence-corrected chi connectivity index (χ4v) is 1.97. The molecule has 0 saturated carbocycles. The minimum Gasteiger partial charge on any atom is -0.333 e. The Hall–Kier alpha value is -1.20. The molecule has 1 unspecified atom stereocenters. The number of halogens is 1. The Kier molecular flexibility index (Phi) is 3.91. The molecule has 0 aliphatic rings. The van der Waals surface area contributed by atoms with Gasteiger partial charge in [0.15, 0.2) is 0 Å². The quantitative estimate of drug-likeness (QED) is 0.943. The number of nitrogens with zero attached hydrogens (tertiary/aromatic N) is 3. The Labute approximate surface area is 109 Å². The maximum absolute atomic E-state index is 6.18. The van der Waals surface area contributed by atoms with Gasteiger partial charge in [-0.3, -0.25) is 4.98 Å². The van der Waals surface area contributed by atoms with E-state index in [-0.39, 0.29) is 6.04 Å². The van der Waals surface area contributed by atoms with E-state index in [0.717, 1.165) is 29.0 Å². The summed E-state index contributed by atoms with van der Waals surface area (Å²) in [6.45, 7) is 3.06. The fraction of sp³-hybridized carbons (Fsp3) is 0.333. The van der Waals surface area contributed by atoms with Gasteiger partial charge in [-0.25, -0.2) is 4.98 Å². The first-order valence-electron chi connectivity index (χ1n) is 5.60. The molecule has 2 heterocycles. The molecule has 0 spiro atoms. The molecule has 0 amide bonds. The van der Waals surface area contributed by atoms with Gasteiger partial charge in [-0.05, 0) is 34.5 Å². The first kappa shape index (κ1) is 12.3. The van der Waals surface area contributed by atoms with Crippen molar-refractivity contribution in [2.45, 2.75) is 25.9 Å². The summed E-state index contributed by atoms with van der Waals surface area (Å²) in [5.41, 5.74) is 7.01. The Morgan fingerprint density at radius 3 is 2.88 bits per heavy atom. The van der Waals surface area contributed by atoms with Crippen LogP contribution in [-0.2, 0) is 6.54 Å². The maximum atomic E-state index is 6.18. The molecular weight excluding hydrogens is 280 g/mol. The van der Waals surface area contributed by atoms with Gasteiger partial charge in [-0.2, -0.15) is 0 Å². The van der Waals surface area contributed by atoms with Crippen molar-refractivity contribution >= 4 is 15.9 Å². The number of hydrogen-bond donors (Lipinski definition) is 1. The van der Waals surface area contributed by atoms with Crippen LogP contribution < -0.4 is 5.73 Å². The van der Waals surface area contributed by atoms with Crippen LogP contribution >= 0.6 is 15.9 Å². The maximum Gasteiger partial charge on any atom is 0.131 e. The average Bonchev–Trinajstić information content (AvgIpc) is 2.78. The van der Waals surface area contributed by atoms with E-state index in [1.54, 1.807) is 12.4 Å². The highest BCUT2D eigenvalue weighted by molar-refractivity contribution is 9.10. The van der Waals surface area contributed by atoms with Crippen molar-refractivity contribution in [3.63, 3.8) is 0 Å². The predicted molar refractivity (Wildman–Crippen MR) is 70.5 cm³/mol. The first-order chi connectivity index (χ1) is 8.22. The topological polar surface area (TPSA) is 56.7 Å².